The number of esters is 1. The Morgan fingerprint density at radius 3 is 1.69 bits per heavy atom. The van der Waals surface area contributed by atoms with Gasteiger partial charge in [0, 0.05) is 62.7 Å². The molecule has 1 saturated heterocycles. The van der Waals surface area contributed by atoms with Gasteiger partial charge in [-0.2, -0.15) is 0 Å². The normalized spacial score (nSPS) is 33.0. The van der Waals surface area contributed by atoms with E-state index < -0.39 is 179 Å². The first-order valence-electron chi connectivity index (χ1n) is 27.2. The number of carbonyl (C=O) groups is 5. The average molecular weight is 1130 g/mol. The molecule has 18 atom stereocenters. The van der Waals surface area contributed by atoms with Crippen molar-refractivity contribution in [3.63, 3.8) is 0 Å². The molecule has 21 heteroatoms. The Morgan fingerprint density at radius 1 is 0.650 bits per heavy atom. The summed E-state index contributed by atoms with van der Waals surface area (Å²) in [7, 11) is 1.76. The number of nitrogens with two attached hydrogens (primary N) is 1. The summed E-state index contributed by atoms with van der Waals surface area (Å²) in [6.45, 7) is 5.18. The van der Waals surface area contributed by atoms with E-state index in [1.807, 2.05) is 19.9 Å². The van der Waals surface area contributed by atoms with Crippen molar-refractivity contribution in [2.24, 2.45) is 23.5 Å². The third-order valence-electron chi connectivity index (χ3n) is 13.8. The van der Waals surface area contributed by atoms with E-state index in [-0.39, 0.29) is 30.5 Å². The molecule has 0 aliphatic carbocycles. The van der Waals surface area contributed by atoms with Crippen molar-refractivity contribution < 1.29 is 94.4 Å². The standard InChI is InChI=1S/C59H86N2O19/c1-35-17-15-13-11-9-7-5-6-8-10-12-14-16-18-48(79-59-56(75)54(60)55(74)37(3)78-59)34-51(72)53(58(76)77)50(71)32-46(68)29-44(66)27-42(64)25-41(63)26-43(65)28-45(67)30-47(69)33-52(73)80-57(35)36(2)19-24-40(62)31-49(70)38-20-22-39(61-4)23-21-38/h5-18,20-23,35-37,40-44,47-48,50-51,53-57,59,61-66,69,71-72,74-75H,19,24-34,60H2,1-4H3,(H,76,77). The van der Waals surface area contributed by atoms with Crippen molar-refractivity contribution in [2.75, 3.05) is 12.4 Å². The highest BCUT2D eigenvalue weighted by molar-refractivity contribution is 5.96. The van der Waals surface area contributed by atoms with Gasteiger partial charge in [0.15, 0.2) is 12.1 Å². The molecular formula is C59H86N2O19. The van der Waals surface area contributed by atoms with E-state index in [0.717, 1.165) is 5.69 Å². The minimum Gasteiger partial charge on any atom is -0.481 e. The largest absolute Gasteiger partial charge is 0.481 e. The minimum absolute atomic E-state index is 0.112. The Balaban J connectivity index is 1.83. The van der Waals surface area contributed by atoms with Crippen LogP contribution in [0.3, 0.4) is 0 Å². The molecule has 1 aromatic carbocycles. The number of cyclic esters (lactones) is 1. The number of aliphatic carboxylic acids is 1. The summed E-state index contributed by atoms with van der Waals surface area (Å²) in [4.78, 5) is 64.5. The monoisotopic (exact) mass is 1130 g/mol. The number of aliphatic hydroxyl groups excluding tert-OH is 10. The number of anilines is 1. The van der Waals surface area contributed by atoms with Gasteiger partial charge in [0.1, 0.15) is 29.7 Å². The van der Waals surface area contributed by atoms with Gasteiger partial charge >= 0.3 is 11.9 Å². The van der Waals surface area contributed by atoms with Crippen molar-refractivity contribution >= 4 is 35.0 Å². The maximum absolute atomic E-state index is 13.3. The third kappa shape index (κ3) is 25.6. The van der Waals surface area contributed by atoms with Gasteiger partial charge in [-0.1, -0.05) is 98.9 Å². The first kappa shape index (κ1) is 68.9. The number of benzene rings is 1. The number of hydrogen-bond acceptors (Lipinski definition) is 20. The summed E-state index contributed by atoms with van der Waals surface area (Å²) in [6.07, 6.45) is 0.358. The predicted octanol–water partition coefficient (Wildman–Crippen LogP) is 2.59. The van der Waals surface area contributed by atoms with E-state index in [4.69, 9.17) is 19.9 Å². The number of carboxylic acid groups (broad SMARTS) is 1. The number of hydrogen-bond donors (Lipinski definition) is 13. The zero-order valence-electron chi connectivity index (χ0n) is 46.0. The van der Waals surface area contributed by atoms with E-state index >= 15 is 0 Å². The van der Waals surface area contributed by atoms with Crippen molar-refractivity contribution in [1.82, 2.24) is 0 Å². The minimum atomic E-state index is -1.97. The molecule has 2 aliphatic heterocycles. The van der Waals surface area contributed by atoms with Crippen LogP contribution >= 0.6 is 0 Å². The summed E-state index contributed by atoms with van der Waals surface area (Å²) < 4.78 is 17.5. The highest BCUT2D eigenvalue weighted by Crippen LogP contribution is 2.28. The molecule has 0 saturated carbocycles. The fourth-order valence-electron chi connectivity index (χ4n) is 9.38. The van der Waals surface area contributed by atoms with Gasteiger partial charge in [-0.3, -0.25) is 24.0 Å². The van der Waals surface area contributed by atoms with Gasteiger partial charge in [-0.05, 0) is 69.2 Å². The van der Waals surface area contributed by atoms with Crippen LogP contribution in [0.4, 0.5) is 5.69 Å². The van der Waals surface area contributed by atoms with Crippen molar-refractivity contribution in [2.45, 2.75) is 190 Å². The van der Waals surface area contributed by atoms with Crippen LogP contribution < -0.4 is 11.1 Å². The van der Waals surface area contributed by atoms with Gasteiger partial charge in [0.25, 0.3) is 0 Å². The van der Waals surface area contributed by atoms with Crippen LogP contribution in [0.15, 0.2) is 109 Å². The van der Waals surface area contributed by atoms with Crippen LogP contribution in [0.5, 0.6) is 0 Å². The van der Waals surface area contributed by atoms with Gasteiger partial charge < -0.3 is 81.4 Å². The Morgan fingerprint density at radius 2 is 1.15 bits per heavy atom. The van der Waals surface area contributed by atoms with Gasteiger partial charge in [0.2, 0.25) is 0 Å². The molecule has 3 rings (SSSR count). The van der Waals surface area contributed by atoms with Gasteiger partial charge in [-0.25, -0.2) is 0 Å². The third-order valence-corrected chi connectivity index (χ3v) is 13.8. The summed E-state index contributed by atoms with van der Waals surface area (Å²) in [5, 5.41) is 120. The highest BCUT2D eigenvalue weighted by Gasteiger charge is 2.43. The molecule has 446 valence electrons. The molecule has 1 fully saturated rings. The van der Waals surface area contributed by atoms with E-state index in [1.165, 1.54) is 19.1 Å². The number of carbonyl (C=O) groups excluding carboxylic acids is 4. The fourth-order valence-corrected chi connectivity index (χ4v) is 9.38. The van der Waals surface area contributed by atoms with Crippen LogP contribution in [-0.2, 0) is 33.4 Å². The number of ether oxygens (including phenoxy) is 3. The van der Waals surface area contributed by atoms with Crippen molar-refractivity contribution in [3.8, 4) is 0 Å². The van der Waals surface area contributed by atoms with Crippen molar-refractivity contribution in [3.05, 3.63) is 115 Å². The second kappa shape index (κ2) is 36.2. The lowest BCUT2D eigenvalue weighted by atomic mass is 9.88. The molecule has 1 aromatic rings. The fraction of sp³-hybridized carbons (Fsp3) is 0.576. The number of carboxylic acids is 1. The highest BCUT2D eigenvalue weighted by atomic mass is 16.7. The molecule has 21 nitrogen and oxygen atoms in total. The smallest absolute Gasteiger partial charge is 0.311 e. The first-order chi connectivity index (χ1) is 37.9. The van der Waals surface area contributed by atoms with E-state index in [2.05, 4.69) is 5.32 Å². The van der Waals surface area contributed by atoms with E-state index in [9.17, 15) is 80.1 Å². The molecule has 0 spiro atoms. The van der Waals surface area contributed by atoms with Crippen LogP contribution in [0.1, 0.15) is 108 Å². The van der Waals surface area contributed by atoms with Gasteiger partial charge in [-0.15, -0.1) is 0 Å². The lowest BCUT2D eigenvalue weighted by Gasteiger charge is -2.41. The molecule has 18 unspecified atom stereocenters. The number of Topliss-reactive ketones (excluding diaryl/α,β-unsaturated/α-hetero) is 3. The number of ketones is 3. The van der Waals surface area contributed by atoms with Gasteiger partial charge in [0.05, 0.1) is 79.6 Å². The van der Waals surface area contributed by atoms with Crippen LogP contribution in [-0.4, -0.2) is 184 Å². The molecule has 2 aliphatic rings. The van der Waals surface area contributed by atoms with E-state index in [1.54, 1.807) is 98.1 Å². The van der Waals surface area contributed by atoms with Crippen LogP contribution in [0, 0.1) is 17.8 Å². The zero-order chi connectivity index (χ0) is 59.5. The SMILES string of the molecule is CNc1ccc(C(=O)CC(O)CCC(C)C2OC(=O)CC(O)CC(=O)CC(O)CC(O)CC(O)CC(O)CC(=O)CC(O)C(C(=O)O)C(O)CC(OC3OC(C)C(O)C(N)C3O)C=CC=CC=CC=CC=CC=CC=CC2C)cc1. The molecule has 0 radical (unpaired) electrons. The summed E-state index contributed by atoms with van der Waals surface area (Å²) in [5.41, 5.74) is 7.27. The zero-order valence-corrected chi connectivity index (χ0v) is 46.0. The molecule has 2 heterocycles. The molecule has 14 N–H and O–H groups in total. The lowest BCUT2D eigenvalue weighted by Crippen LogP contribution is -2.61. The number of nitrogens with one attached hydrogen (secondary N) is 1. The van der Waals surface area contributed by atoms with Crippen molar-refractivity contribution in [1.29, 1.82) is 0 Å². The molecular weight excluding hydrogens is 1040 g/mol. The predicted molar refractivity (Wildman–Crippen MR) is 296 cm³/mol. The maximum atomic E-state index is 13.3. The Labute approximate surface area is 468 Å². The first-order valence-corrected chi connectivity index (χ1v) is 27.2. The number of aliphatic hydroxyl groups is 10. The maximum Gasteiger partial charge on any atom is 0.311 e. The quantitative estimate of drug-likeness (QED) is 0.112. The Hall–Kier alpha value is -5.37. The number of allylic oxidation sites excluding steroid dienone is 12. The number of rotatable bonds is 11. The summed E-state index contributed by atoms with van der Waals surface area (Å²) in [5.74, 6) is -6.82. The molecule has 0 aromatic heterocycles. The molecule has 0 bridgehead atoms. The average Bonchev–Trinajstić information content (AvgIpc) is 3.41. The summed E-state index contributed by atoms with van der Waals surface area (Å²) in [6, 6.07) is 5.71. The topological polar surface area (TPSA) is 374 Å². The Bertz CT molecular complexity index is 2280. The summed E-state index contributed by atoms with van der Waals surface area (Å²) >= 11 is 0. The molecule has 80 heavy (non-hydrogen) atoms. The Kier molecular flexibility index (Phi) is 31.1. The molecule has 0 amide bonds. The second-order valence-corrected chi connectivity index (χ2v) is 20.9. The lowest BCUT2D eigenvalue weighted by molar-refractivity contribution is -0.277. The van der Waals surface area contributed by atoms with E-state index in [0.29, 0.717) is 12.0 Å². The van der Waals surface area contributed by atoms with Crippen LogP contribution in [0.2, 0.25) is 0 Å². The second-order valence-electron chi connectivity index (χ2n) is 20.9. The van der Waals surface area contributed by atoms with Crippen LogP contribution in [0.25, 0.3) is 0 Å².